The van der Waals surface area contributed by atoms with Crippen LogP contribution in [0.5, 0.6) is 0 Å². The van der Waals surface area contributed by atoms with Crippen molar-refractivity contribution in [2.24, 2.45) is 5.92 Å². The Morgan fingerprint density at radius 3 is 2.60 bits per heavy atom. The van der Waals surface area contributed by atoms with Crippen LogP contribution in [0.2, 0.25) is 0 Å². The van der Waals surface area contributed by atoms with E-state index in [-0.39, 0.29) is 6.03 Å². The topological polar surface area (TPSA) is 23.6 Å². The molecule has 1 rings (SSSR count). The first kappa shape index (κ1) is 12.8. The second-order valence-corrected chi connectivity index (χ2v) is 5.21. The maximum atomic E-state index is 11.9. The molecule has 0 aliphatic carbocycles. The first-order valence-electron chi connectivity index (χ1n) is 5.71. The van der Waals surface area contributed by atoms with E-state index in [1.807, 2.05) is 16.8 Å². The minimum absolute atomic E-state index is 0.197. The molecule has 15 heavy (non-hydrogen) atoms. The van der Waals surface area contributed by atoms with E-state index in [4.69, 9.17) is 0 Å². The van der Waals surface area contributed by atoms with Gasteiger partial charge in [0.05, 0.1) is 0 Å². The molecule has 0 spiro atoms. The van der Waals surface area contributed by atoms with Gasteiger partial charge in [0, 0.05) is 32.0 Å². The third-order valence-electron chi connectivity index (χ3n) is 3.01. The lowest BCUT2D eigenvalue weighted by molar-refractivity contribution is 0.143. The van der Waals surface area contributed by atoms with Crippen LogP contribution in [-0.2, 0) is 0 Å². The van der Waals surface area contributed by atoms with Gasteiger partial charge in [0.15, 0.2) is 0 Å². The zero-order valence-electron chi connectivity index (χ0n) is 9.71. The molecule has 0 unspecified atom stereocenters. The molecule has 3 nitrogen and oxygen atoms in total. The number of carbonyl (C=O) groups excluding carboxylic acids is 1. The van der Waals surface area contributed by atoms with Crippen LogP contribution in [0.3, 0.4) is 0 Å². The second kappa shape index (κ2) is 6.36. The van der Waals surface area contributed by atoms with E-state index in [0.717, 1.165) is 50.1 Å². The quantitative estimate of drug-likeness (QED) is 0.727. The molecule has 0 atom stereocenters. The highest BCUT2D eigenvalue weighted by Gasteiger charge is 2.22. The molecule has 0 N–H and O–H groups in total. The van der Waals surface area contributed by atoms with Gasteiger partial charge in [-0.25, -0.2) is 4.79 Å². The molecule has 0 aromatic rings. The zero-order valence-corrected chi connectivity index (χ0v) is 11.3. The zero-order chi connectivity index (χ0) is 11.3. The minimum atomic E-state index is 0.197. The summed E-state index contributed by atoms with van der Waals surface area (Å²) < 4.78 is 0. The molecule has 1 aliphatic heterocycles. The number of hydrogen-bond acceptors (Lipinski definition) is 1. The van der Waals surface area contributed by atoms with Crippen molar-refractivity contribution >= 4 is 22.0 Å². The van der Waals surface area contributed by atoms with Crippen molar-refractivity contribution in [2.45, 2.75) is 26.2 Å². The van der Waals surface area contributed by atoms with Gasteiger partial charge in [0.2, 0.25) is 0 Å². The molecule has 1 aliphatic rings. The number of urea groups is 1. The summed E-state index contributed by atoms with van der Waals surface area (Å²) in [7, 11) is 1.89. The van der Waals surface area contributed by atoms with Gasteiger partial charge >= 0.3 is 6.03 Å². The standard InChI is InChI=1S/C11H21BrN2O/c1-10-4-8-14(9-5-10)11(15)13(2)7-3-6-12/h10H,3-9H2,1-2H3. The second-order valence-electron chi connectivity index (χ2n) is 4.42. The Labute approximate surface area is 101 Å². The summed E-state index contributed by atoms with van der Waals surface area (Å²) in [6, 6.07) is 0.197. The van der Waals surface area contributed by atoms with Crippen molar-refractivity contribution in [3.63, 3.8) is 0 Å². The highest BCUT2D eigenvalue weighted by Crippen LogP contribution is 2.16. The van der Waals surface area contributed by atoms with Crippen molar-refractivity contribution < 1.29 is 4.79 Å². The van der Waals surface area contributed by atoms with E-state index >= 15 is 0 Å². The lowest BCUT2D eigenvalue weighted by atomic mass is 10.00. The van der Waals surface area contributed by atoms with Crippen molar-refractivity contribution in [1.29, 1.82) is 0 Å². The molecular formula is C11H21BrN2O. The fraction of sp³-hybridized carbons (Fsp3) is 0.909. The summed E-state index contributed by atoms with van der Waals surface area (Å²) in [5.74, 6) is 0.780. The Kier molecular flexibility index (Phi) is 5.43. The summed E-state index contributed by atoms with van der Waals surface area (Å²) >= 11 is 3.38. The molecule has 0 aromatic carbocycles. The molecule has 1 saturated heterocycles. The summed E-state index contributed by atoms with van der Waals surface area (Å²) in [4.78, 5) is 15.8. The summed E-state index contributed by atoms with van der Waals surface area (Å²) in [5.41, 5.74) is 0. The number of carbonyl (C=O) groups is 1. The highest BCUT2D eigenvalue weighted by molar-refractivity contribution is 9.09. The van der Waals surface area contributed by atoms with E-state index in [0.29, 0.717) is 0 Å². The molecule has 4 heteroatoms. The average Bonchev–Trinajstić information content (AvgIpc) is 2.26. The Hall–Kier alpha value is -0.250. The molecule has 2 amide bonds. The number of hydrogen-bond donors (Lipinski definition) is 0. The van der Waals surface area contributed by atoms with Crippen LogP contribution >= 0.6 is 15.9 Å². The summed E-state index contributed by atoms with van der Waals surface area (Å²) in [6.07, 6.45) is 3.32. The van der Waals surface area contributed by atoms with E-state index in [1.54, 1.807) is 0 Å². The van der Waals surface area contributed by atoms with E-state index in [1.165, 1.54) is 0 Å². The van der Waals surface area contributed by atoms with Crippen molar-refractivity contribution in [3.05, 3.63) is 0 Å². The van der Waals surface area contributed by atoms with Crippen LogP contribution in [0.1, 0.15) is 26.2 Å². The van der Waals surface area contributed by atoms with E-state index < -0.39 is 0 Å². The van der Waals surface area contributed by atoms with Crippen LogP contribution in [0.15, 0.2) is 0 Å². The monoisotopic (exact) mass is 276 g/mol. The fourth-order valence-electron chi connectivity index (χ4n) is 1.83. The van der Waals surface area contributed by atoms with Gasteiger partial charge in [-0.3, -0.25) is 0 Å². The Bertz CT molecular complexity index is 203. The number of likely N-dealkylation sites (tertiary alicyclic amines) is 1. The molecule has 0 radical (unpaired) electrons. The third-order valence-corrected chi connectivity index (χ3v) is 3.57. The summed E-state index contributed by atoms with van der Waals surface area (Å²) in [6.45, 7) is 4.96. The Balaban J connectivity index is 2.32. The lowest BCUT2D eigenvalue weighted by Crippen LogP contribution is -2.45. The van der Waals surface area contributed by atoms with Gasteiger partial charge < -0.3 is 9.80 Å². The molecular weight excluding hydrogens is 256 g/mol. The van der Waals surface area contributed by atoms with Crippen LogP contribution in [0.25, 0.3) is 0 Å². The molecule has 1 heterocycles. The average molecular weight is 277 g/mol. The molecule has 1 fully saturated rings. The fourth-order valence-corrected chi connectivity index (χ4v) is 2.08. The van der Waals surface area contributed by atoms with Crippen LogP contribution in [-0.4, -0.2) is 47.8 Å². The largest absolute Gasteiger partial charge is 0.328 e. The van der Waals surface area contributed by atoms with Crippen molar-refractivity contribution in [1.82, 2.24) is 9.80 Å². The predicted molar refractivity (Wildman–Crippen MR) is 66.4 cm³/mol. The van der Waals surface area contributed by atoms with Gasteiger partial charge in [-0.2, -0.15) is 0 Å². The van der Waals surface area contributed by atoms with Crippen molar-refractivity contribution in [2.75, 3.05) is 32.0 Å². The number of alkyl halides is 1. The number of amides is 2. The van der Waals surface area contributed by atoms with Gasteiger partial charge in [0.1, 0.15) is 0 Å². The number of halogens is 1. The number of nitrogens with zero attached hydrogens (tertiary/aromatic N) is 2. The maximum Gasteiger partial charge on any atom is 0.319 e. The van der Waals surface area contributed by atoms with E-state index in [2.05, 4.69) is 22.9 Å². The first-order valence-corrected chi connectivity index (χ1v) is 6.83. The minimum Gasteiger partial charge on any atom is -0.328 e. The van der Waals surface area contributed by atoms with Crippen molar-refractivity contribution in [3.8, 4) is 0 Å². The van der Waals surface area contributed by atoms with Crippen LogP contribution in [0.4, 0.5) is 4.79 Å². The molecule has 0 bridgehead atoms. The normalized spacial score (nSPS) is 17.9. The number of rotatable bonds is 3. The van der Waals surface area contributed by atoms with Crippen LogP contribution in [0, 0.1) is 5.92 Å². The predicted octanol–water partition coefficient (Wildman–Crippen LogP) is 2.56. The molecule has 88 valence electrons. The van der Waals surface area contributed by atoms with Gasteiger partial charge in [-0.15, -0.1) is 0 Å². The maximum absolute atomic E-state index is 11.9. The first-order chi connectivity index (χ1) is 7.15. The van der Waals surface area contributed by atoms with Gasteiger partial charge in [0.25, 0.3) is 0 Å². The number of piperidine rings is 1. The Morgan fingerprint density at radius 2 is 2.07 bits per heavy atom. The lowest BCUT2D eigenvalue weighted by Gasteiger charge is -2.33. The van der Waals surface area contributed by atoms with Crippen LogP contribution < -0.4 is 0 Å². The summed E-state index contributed by atoms with van der Waals surface area (Å²) in [5, 5.41) is 0.960. The van der Waals surface area contributed by atoms with Gasteiger partial charge in [-0.05, 0) is 25.2 Å². The van der Waals surface area contributed by atoms with E-state index in [9.17, 15) is 4.79 Å². The Morgan fingerprint density at radius 1 is 1.47 bits per heavy atom. The highest BCUT2D eigenvalue weighted by atomic mass is 79.9. The SMILES string of the molecule is CC1CCN(C(=O)N(C)CCCBr)CC1. The molecule has 0 aromatic heterocycles. The third kappa shape index (κ3) is 4.01. The smallest absolute Gasteiger partial charge is 0.319 e. The molecule has 0 saturated carbocycles. The van der Waals surface area contributed by atoms with Gasteiger partial charge in [-0.1, -0.05) is 22.9 Å².